The van der Waals surface area contributed by atoms with Crippen molar-refractivity contribution in [3.05, 3.63) is 45.6 Å². The van der Waals surface area contributed by atoms with Crippen LogP contribution >= 0.6 is 23.2 Å². The summed E-state index contributed by atoms with van der Waals surface area (Å²) in [6.07, 6.45) is 0. The lowest BCUT2D eigenvalue weighted by molar-refractivity contribution is 0.478. The number of aryl methyl sites for hydroxylation is 2. The molecule has 1 aromatic carbocycles. The smallest absolute Gasteiger partial charge is 0.213 e. The van der Waals surface area contributed by atoms with Crippen molar-refractivity contribution in [2.24, 2.45) is 0 Å². The number of hydrogen-bond donors (Lipinski definition) is 1. The van der Waals surface area contributed by atoms with E-state index in [1.165, 1.54) is 0 Å². The minimum absolute atomic E-state index is 0.496. The number of hydrogen-bond acceptors (Lipinski definition) is 3. The maximum Gasteiger partial charge on any atom is 0.213 e. The molecule has 0 saturated heterocycles. The first-order valence-electron chi connectivity index (χ1n) is 5.18. The summed E-state index contributed by atoms with van der Waals surface area (Å²) >= 11 is 11.8. The molecule has 1 N–H and O–H groups in total. The molecule has 2 aromatic rings. The van der Waals surface area contributed by atoms with Gasteiger partial charge in [-0.2, -0.15) is 0 Å². The van der Waals surface area contributed by atoms with Crippen LogP contribution in [0, 0.1) is 13.8 Å². The van der Waals surface area contributed by atoms with Crippen LogP contribution in [-0.2, 0) is 6.54 Å². The van der Waals surface area contributed by atoms with Crippen molar-refractivity contribution in [1.29, 1.82) is 0 Å². The van der Waals surface area contributed by atoms with Crippen molar-refractivity contribution in [2.75, 3.05) is 5.32 Å². The monoisotopic (exact) mass is 270 g/mol. The van der Waals surface area contributed by atoms with Gasteiger partial charge in [-0.1, -0.05) is 23.2 Å². The maximum absolute atomic E-state index is 6.03. The molecule has 17 heavy (non-hydrogen) atoms. The first-order chi connectivity index (χ1) is 8.06. The Morgan fingerprint density at radius 3 is 2.65 bits per heavy atom. The molecule has 0 aliphatic heterocycles. The zero-order valence-electron chi connectivity index (χ0n) is 9.55. The van der Waals surface area contributed by atoms with Crippen LogP contribution in [0.1, 0.15) is 17.3 Å². The van der Waals surface area contributed by atoms with E-state index >= 15 is 0 Å². The van der Waals surface area contributed by atoms with E-state index in [0.29, 0.717) is 22.5 Å². The Bertz CT molecular complexity index is 518. The van der Waals surface area contributed by atoms with Gasteiger partial charge >= 0.3 is 0 Å². The first-order valence-corrected chi connectivity index (χ1v) is 5.93. The molecule has 0 aliphatic rings. The van der Waals surface area contributed by atoms with Crippen LogP contribution in [0.4, 0.5) is 5.69 Å². The van der Waals surface area contributed by atoms with Crippen LogP contribution < -0.4 is 5.32 Å². The van der Waals surface area contributed by atoms with Crippen LogP contribution in [0.25, 0.3) is 0 Å². The number of aromatic nitrogens is 1. The highest BCUT2D eigenvalue weighted by Crippen LogP contribution is 2.25. The second-order valence-electron chi connectivity index (χ2n) is 3.73. The number of anilines is 1. The Morgan fingerprint density at radius 1 is 1.29 bits per heavy atom. The SMILES string of the molecule is Cc1nc(CNc2ccc(Cl)cc2Cl)oc1C. The van der Waals surface area contributed by atoms with E-state index in [-0.39, 0.29) is 0 Å². The van der Waals surface area contributed by atoms with E-state index in [9.17, 15) is 0 Å². The van der Waals surface area contributed by atoms with Crippen molar-refractivity contribution in [3.63, 3.8) is 0 Å². The topological polar surface area (TPSA) is 38.1 Å². The molecule has 5 heteroatoms. The van der Waals surface area contributed by atoms with Gasteiger partial charge in [-0.15, -0.1) is 0 Å². The fourth-order valence-electron chi connectivity index (χ4n) is 1.42. The number of halogens is 2. The van der Waals surface area contributed by atoms with Gasteiger partial charge < -0.3 is 9.73 Å². The van der Waals surface area contributed by atoms with Crippen molar-refractivity contribution >= 4 is 28.9 Å². The largest absolute Gasteiger partial charge is 0.444 e. The third kappa shape index (κ3) is 2.93. The van der Waals surface area contributed by atoms with Crippen LogP contribution in [0.3, 0.4) is 0 Å². The van der Waals surface area contributed by atoms with Crippen LogP contribution in [0.15, 0.2) is 22.6 Å². The molecular weight excluding hydrogens is 259 g/mol. The summed E-state index contributed by atoms with van der Waals surface area (Å²) in [5.41, 5.74) is 1.72. The Morgan fingerprint density at radius 2 is 2.06 bits per heavy atom. The first kappa shape index (κ1) is 12.3. The predicted molar refractivity (Wildman–Crippen MR) is 69.8 cm³/mol. The zero-order valence-corrected chi connectivity index (χ0v) is 11.1. The van der Waals surface area contributed by atoms with E-state index in [2.05, 4.69) is 10.3 Å². The van der Waals surface area contributed by atoms with Gasteiger partial charge in [0.1, 0.15) is 5.76 Å². The maximum atomic E-state index is 6.03. The summed E-state index contributed by atoms with van der Waals surface area (Å²) < 4.78 is 5.46. The van der Waals surface area contributed by atoms with Gasteiger partial charge in [0.05, 0.1) is 22.9 Å². The summed E-state index contributed by atoms with van der Waals surface area (Å²) in [6.45, 7) is 4.30. The van der Waals surface area contributed by atoms with E-state index < -0.39 is 0 Å². The summed E-state index contributed by atoms with van der Waals surface area (Å²) in [6, 6.07) is 5.30. The zero-order chi connectivity index (χ0) is 12.4. The molecule has 0 unspecified atom stereocenters. The number of rotatable bonds is 3. The quantitative estimate of drug-likeness (QED) is 0.908. The average molecular weight is 271 g/mol. The van der Waals surface area contributed by atoms with E-state index in [1.807, 2.05) is 19.9 Å². The lowest BCUT2D eigenvalue weighted by atomic mass is 10.3. The third-order valence-corrected chi connectivity index (χ3v) is 2.98. The molecule has 0 bridgehead atoms. The molecule has 0 aliphatic carbocycles. The Balaban J connectivity index is 2.07. The van der Waals surface area contributed by atoms with Crippen molar-refractivity contribution in [3.8, 4) is 0 Å². The van der Waals surface area contributed by atoms with Gasteiger partial charge in [0.15, 0.2) is 0 Å². The lowest BCUT2D eigenvalue weighted by Gasteiger charge is -2.06. The lowest BCUT2D eigenvalue weighted by Crippen LogP contribution is -2.00. The molecule has 3 nitrogen and oxygen atoms in total. The van der Waals surface area contributed by atoms with Crippen LogP contribution in [0.2, 0.25) is 10.0 Å². The third-order valence-electron chi connectivity index (χ3n) is 2.43. The van der Waals surface area contributed by atoms with Crippen molar-refractivity contribution < 1.29 is 4.42 Å². The van der Waals surface area contributed by atoms with Gasteiger partial charge in [-0.25, -0.2) is 4.98 Å². The summed E-state index contributed by atoms with van der Waals surface area (Å²) in [5.74, 6) is 1.48. The molecule has 0 atom stereocenters. The molecule has 0 spiro atoms. The fraction of sp³-hybridized carbons (Fsp3) is 0.250. The molecule has 0 saturated carbocycles. The Hall–Kier alpha value is -1.19. The van der Waals surface area contributed by atoms with Gasteiger partial charge in [0.25, 0.3) is 0 Å². The van der Waals surface area contributed by atoms with Gasteiger partial charge in [0, 0.05) is 5.02 Å². The summed E-state index contributed by atoms with van der Waals surface area (Å²) in [5, 5.41) is 4.35. The molecule has 1 aromatic heterocycles. The van der Waals surface area contributed by atoms with E-state index in [1.54, 1.807) is 12.1 Å². The minimum Gasteiger partial charge on any atom is -0.444 e. The molecule has 0 radical (unpaired) electrons. The number of nitrogens with zero attached hydrogens (tertiary/aromatic N) is 1. The van der Waals surface area contributed by atoms with Crippen LogP contribution in [-0.4, -0.2) is 4.98 Å². The number of oxazole rings is 1. The molecule has 2 rings (SSSR count). The van der Waals surface area contributed by atoms with Crippen LogP contribution in [0.5, 0.6) is 0 Å². The van der Waals surface area contributed by atoms with Gasteiger partial charge in [-0.3, -0.25) is 0 Å². The van der Waals surface area contributed by atoms with Crippen molar-refractivity contribution in [1.82, 2.24) is 4.98 Å². The fourth-order valence-corrected chi connectivity index (χ4v) is 1.89. The molecule has 0 fully saturated rings. The van der Waals surface area contributed by atoms with Crippen molar-refractivity contribution in [2.45, 2.75) is 20.4 Å². The predicted octanol–water partition coefficient (Wildman–Crippen LogP) is 4.21. The van der Waals surface area contributed by atoms with Gasteiger partial charge in [-0.05, 0) is 32.0 Å². The minimum atomic E-state index is 0.496. The van der Waals surface area contributed by atoms with Gasteiger partial charge in [0.2, 0.25) is 5.89 Å². The second kappa shape index (κ2) is 4.98. The standard InChI is InChI=1S/C12H12Cl2N2O/c1-7-8(2)17-12(16-7)6-15-11-4-3-9(13)5-10(11)14/h3-5,15H,6H2,1-2H3. The Kier molecular flexibility index (Phi) is 3.60. The van der Waals surface area contributed by atoms with E-state index in [4.69, 9.17) is 27.6 Å². The summed E-state index contributed by atoms with van der Waals surface area (Å²) in [7, 11) is 0. The average Bonchev–Trinajstić information content (AvgIpc) is 2.57. The highest BCUT2D eigenvalue weighted by molar-refractivity contribution is 6.36. The molecule has 1 heterocycles. The second-order valence-corrected chi connectivity index (χ2v) is 4.57. The molecular formula is C12H12Cl2N2O. The highest BCUT2D eigenvalue weighted by Gasteiger charge is 2.06. The number of nitrogens with one attached hydrogen (secondary N) is 1. The van der Waals surface area contributed by atoms with E-state index in [0.717, 1.165) is 17.1 Å². The summed E-state index contributed by atoms with van der Waals surface area (Å²) in [4.78, 5) is 4.27. The Labute approximate surface area is 110 Å². The normalized spacial score (nSPS) is 10.6. The molecule has 90 valence electrons. The number of benzene rings is 1. The molecule has 0 amide bonds. The highest BCUT2D eigenvalue weighted by atomic mass is 35.5.